The largest absolute Gasteiger partial charge is 0.486 e. The normalized spacial score (nSPS) is 16.3. The quantitative estimate of drug-likeness (QED) is 0.601. The van der Waals surface area contributed by atoms with Crippen molar-refractivity contribution in [3.8, 4) is 5.75 Å². The van der Waals surface area contributed by atoms with Crippen molar-refractivity contribution in [3.63, 3.8) is 0 Å². The Morgan fingerprint density at radius 1 is 1.19 bits per heavy atom. The van der Waals surface area contributed by atoms with E-state index in [0.717, 1.165) is 25.0 Å². The number of pyridine rings is 1. The molecule has 1 amide bonds. The molecule has 162 valence electrons. The highest BCUT2D eigenvalue weighted by atomic mass is 32.2. The summed E-state index contributed by atoms with van der Waals surface area (Å²) in [6, 6.07) is 15.2. The third-order valence-corrected chi connectivity index (χ3v) is 6.14. The molecule has 1 aliphatic rings. The highest BCUT2D eigenvalue weighted by Gasteiger charge is 2.26. The Bertz CT molecular complexity index is 1140. The monoisotopic (exact) mass is 441 g/mol. The standard InChI is InChI=1S/C22H23N3O5S/c1-31(27,28)19-8-5-17(6-9-19)29-15-18-7-10-20(30-18)22(26)24-16-11-13-25(14-16)21-4-2-3-12-23-21/h2-10,12,16H,11,13-15H2,1H3,(H,24,26). The molecule has 3 aromatic rings. The van der Waals surface area contributed by atoms with Crippen LogP contribution in [0.2, 0.25) is 0 Å². The summed E-state index contributed by atoms with van der Waals surface area (Å²) in [6.45, 7) is 1.66. The first-order valence-electron chi connectivity index (χ1n) is 9.87. The molecule has 0 bridgehead atoms. The second-order valence-corrected chi connectivity index (χ2v) is 9.41. The lowest BCUT2D eigenvalue weighted by atomic mass is 10.2. The van der Waals surface area contributed by atoms with Gasteiger partial charge in [-0.2, -0.15) is 0 Å². The van der Waals surface area contributed by atoms with Gasteiger partial charge in [0.15, 0.2) is 15.6 Å². The Labute approximate surface area is 180 Å². The number of nitrogens with zero attached hydrogens (tertiary/aromatic N) is 2. The van der Waals surface area contributed by atoms with Gasteiger partial charge >= 0.3 is 0 Å². The van der Waals surface area contributed by atoms with Crippen LogP contribution in [0, 0.1) is 0 Å². The van der Waals surface area contributed by atoms with Gasteiger partial charge in [0.25, 0.3) is 5.91 Å². The number of benzene rings is 1. The Hall–Kier alpha value is -3.33. The molecule has 2 aromatic heterocycles. The van der Waals surface area contributed by atoms with E-state index < -0.39 is 9.84 Å². The minimum absolute atomic E-state index is 0.0210. The van der Waals surface area contributed by atoms with E-state index in [0.29, 0.717) is 18.1 Å². The molecule has 1 atom stereocenters. The summed E-state index contributed by atoms with van der Waals surface area (Å²) < 4.78 is 34.2. The predicted molar refractivity (Wildman–Crippen MR) is 115 cm³/mol. The average molecular weight is 442 g/mol. The van der Waals surface area contributed by atoms with Crippen molar-refractivity contribution in [2.45, 2.75) is 24.0 Å². The van der Waals surface area contributed by atoms with Crippen LogP contribution in [0.15, 0.2) is 70.1 Å². The summed E-state index contributed by atoms with van der Waals surface area (Å²) in [6.07, 6.45) is 3.75. The van der Waals surface area contributed by atoms with Crippen molar-refractivity contribution >= 4 is 21.6 Å². The van der Waals surface area contributed by atoms with Crippen LogP contribution < -0.4 is 15.0 Å². The number of hydrogen-bond acceptors (Lipinski definition) is 7. The maximum atomic E-state index is 12.5. The van der Waals surface area contributed by atoms with Crippen molar-refractivity contribution in [1.82, 2.24) is 10.3 Å². The van der Waals surface area contributed by atoms with Gasteiger partial charge in [-0.1, -0.05) is 6.07 Å². The van der Waals surface area contributed by atoms with Gasteiger partial charge in [-0.25, -0.2) is 13.4 Å². The number of sulfone groups is 1. The summed E-state index contributed by atoms with van der Waals surface area (Å²) in [4.78, 5) is 19.2. The zero-order valence-corrected chi connectivity index (χ0v) is 17.8. The van der Waals surface area contributed by atoms with Crippen LogP contribution in [-0.2, 0) is 16.4 Å². The molecule has 31 heavy (non-hydrogen) atoms. The zero-order valence-electron chi connectivity index (χ0n) is 17.0. The Balaban J connectivity index is 1.29. The number of anilines is 1. The fraction of sp³-hybridized carbons (Fsp3) is 0.273. The number of carbonyl (C=O) groups excluding carboxylic acids is 1. The molecule has 8 nitrogen and oxygen atoms in total. The summed E-state index contributed by atoms with van der Waals surface area (Å²) in [5.74, 6) is 1.87. The first-order valence-corrected chi connectivity index (χ1v) is 11.8. The Kier molecular flexibility index (Phi) is 5.94. The minimum atomic E-state index is -3.25. The first kappa shape index (κ1) is 20.9. The smallest absolute Gasteiger partial charge is 0.287 e. The van der Waals surface area contributed by atoms with Gasteiger partial charge in [0.1, 0.15) is 23.9 Å². The number of amides is 1. The van der Waals surface area contributed by atoms with Crippen LogP contribution in [0.4, 0.5) is 5.82 Å². The average Bonchev–Trinajstić information content (AvgIpc) is 3.42. The number of aromatic nitrogens is 1. The van der Waals surface area contributed by atoms with E-state index in [1.165, 1.54) is 12.1 Å². The van der Waals surface area contributed by atoms with Gasteiger partial charge in [0.2, 0.25) is 0 Å². The molecule has 1 N–H and O–H groups in total. The van der Waals surface area contributed by atoms with Crippen LogP contribution in [0.1, 0.15) is 22.7 Å². The maximum absolute atomic E-state index is 12.5. The van der Waals surface area contributed by atoms with Crippen molar-refractivity contribution < 1.29 is 22.4 Å². The predicted octanol–water partition coefficient (Wildman–Crippen LogP) is 2.67. The van der Waals surface area contributed by atoms with Crippen LogP contribution in [0.25, 0.3) is 0 Å². The highest BCUT2D eigenvalue weighted by Crippen LogP contribution is 2.20. The lowest BCUT2D eigenvalue weighted by Gasteiger charge is -2.17. The molecule has 1 saturated heterocycles. The molecular formula is C22H23N3O5S. The number of furan rings is 1. The molecular weight excluding hydrogens is 418 g/mol. The van der Waals surface area contributed by atoms with E-state index in [2.05, 4.69) is 15.2 Å². The molecule has 0 radical (unpaired) electrons. The molecule has 1 unspecified atom stereocenters. The molecule has 3 heterocycles. The van der Waals surface area contributed by atoms with Crippen LogP contribution >= 0.6 is 0 Å². The summed E-state index contributed by atoms with van der Waals surface area (Å²) >= 11 is 0. The molecule has 9 heteroatoms. The molecule has 1 aromatic carbocycles. The molecule has 1 aliphatic heterocycles. The third-order valence-electron chi connectivity index (χ3n) is 5.02. The number of rotatable bonds is 7. The second kappa shape index (κ2) is 8.81. The van der Waals surface area contributed by atoms with E-state index in [1.54, 1.807) is 30.5 Å². The SMILES string of the molecule is CS(=O)(=O)c1ccc(OCc2ccc(C(=O)NC3CCN(c4ccccn4)C3)o2)cc1. The van der Waals surface area contributed by atoms with E-state index in [9.17, 15) is 13.2 Å². The Morgan fingerprint density at radius 3 is 2.71 bits per heavy atom. The first-order chi connectivity index (χ1) is 14.9. The van der Waals surface area contributed by atoms with E-state index >= 15 is 0 Å². The van der Waals surface area contributed by atoms with Gasteiger partial charge in [0.05, 0.1) is 4.90 Å². The van der Waals surface area contributed by atoms with Gasteiger partial charge in [-0.05, 0) is 55.0 Å². The third kappa shape index (κ3) is 5.24. The molecule has 0 aliphatic carbocycles. The van der Waals surface area contributed by atoms with Crippen molar-refractivity contribution in [2.24, 2.45) is 0 Å². The molecule has 4 rings (SSSR count). The number of carbonyl (C=O) groups is 1. The van der Waals surface area contributed by atoms with Crippen LogP contribution in [-0.4, -0.2) is 44.7 Å². The van der Waals surface area contributed by atoms with E-state index in [4.69, 9.17) is 9.15 Å². The summed E-state index contributed by atoms with van der Waals surface area (Å²) in [5, 5.41) is 3.00. The van der Waals surface area contributed by atoms with Gasteiger partial charge in [0, 0.05) is 31.6 Å². The van der Waals surface area contributed by atoms with E-state index in [-0.39, 0.29) is 29.2 Å². The Morgan fingerprint density at radius 2 is 2.00 bits per heavy atom. The van der Waals surface area contributed by atoms with Gasteiger partial charge in [-0.15, -0.1) is 0 Å². The molecule has 1 fully saturated rings. The van der Waals surface area contributed by atoms with Crippen molar-refractivity contribution in [2.75, 3.05) is 24.2 Å². The number of ether oxygens (including phenoxy) is 1. The fourth-order valence-corrected chi connectivity index (χ4v) is 4.03. The molecule has 0 saturated carbocycles. The van der Waals surface area contributed by atoms with Crippen molar-refractivity contribution in [3.05, 3.63) is 72.3 Å². The summed E-state index contributed by atoms with van der Waals surface area (Å²) in [5.41, 5.74) is 0. The fourth-order valence-electron chi connectivity index (χ4n) is 3.40. The number of nitrogens with one attached hydrogen (secondary N) is 1. The van der Waals surface area contributed by atoms with Crippen molar-refractivity contribution in [1.29, 1.82) is 0 Å². The topological polar surface area (TPSA) is 102 Å². The molecule has 0 spiro atoms. The highest BCUT2D eigenvalue weighted by molar-refractivity contribution is 7.90. The van der Waals surface area contributed by atoms with E-state index in [1.807, 2.05) is 18.2 Å². The van der Waals surface area contributed by atoms with Gasteiger partial charge in [-0.3, -0.25) is 4.79 Å². The lowest BCUT2D eigenvalue weighted by molar-refractivity contribution is 0.0908. The number of hydrogen-bond donors (Lipinski definition) is 1. The van der Waals surface area contributed by atoms with Crippen LogP contribution in [0.5, 0.6) is 5.75 Å². The lowest BCUT2D eigenvalue weighted by Crippen LogP contribution is -2.37. The summed E-state index contributed by atoms with van der Waals surface area (Å²) in [7, 11) is -3.25. The minimum Gasteiger partial charge on any atom is -0.486 e. The van der Waals surface area contributed by atoms with Gasteiger partial charge < -0.3 is 19.4 Å². The van der Waals surface area contributed by atoms with Crippen LogP contribution in [0.3, 0.4) is 0 Å². The zero-order chi connectivity index (χ0) is 21.8. The maximum Gasteiger partial charge on any atom is 0.287 e. The second-order valence-electron chi connectivity index (χ2n) is 7.39.